The quantitative estimate of drug-likeness (QED) is 0.422. The number of hydrogen-bond donors (Lipinski definition) is 1. The molecule has 0 bridgehead atoms. The van der Waals surface area contributed by atoms with Crippen LogP contribution in [0.1, 0.15) is 32.6 Å². The van der Waals surface area contributed by atoms with Gasteiger partial charge in [0.05, 0.1) is 0 Å². The van der Waals surface area contributed by atoms with E-state index in [0.29, 0.717) is 6.42 Å². The highest BCUT2D eigenvalue weighted by Crippen LogP contribution is 2.29. The Bertz CT molecular complexity index is 317. The van der Waals surface area contributed by atoms with Crippen molar-refractivity contribution in [1.29, 1.82) is 0 Å². The molecular weight excluding hydrogens is 236 g/mol. The smallest absolute Gasteiger partial charge is 0.324 e. The Kier molecular flexibility index (Phi) is 5.10. The van der Waals surface area contributed by atoms with Crippen molar-refractivity contribution in [3.05, 3.63) is 0 Å². The van der Waals surface area contributed by atoms with E-state index in [2.05, 4.69) is 12.2 Å². The first-order valence-corrected chi connectivity index (χ1v) is 6.19. The van der Waals surface area contributed by atoms with Crippen molar-refractivity contribution in [2.45, 2.75) is 44.4 Å². The molecule has 6 heteroatoms. The third kappa shape index (κ3) is 2.49. The molecule has 1 saturated heterocycles. The number of imide groups is 1. The first-order valence-electron chi connectivity index (χ1n) is 6.19. The number of hydrogen-bond acceptors (Lipinski definition) is 4. The van der Waals surface area contributed by atoms with Crippen LogP contribution < -0.4 is 5.32 Å². The minimum atomic E-state index is -1.09. The number of carbonyl (C=O) groups is 2. The summed E-state index contributed by atoms with van der Waals surface area (Å²) in [4.78, 5) is 25.0. The van der Waals surface area contributed by atoms with Crippen molar-refractivity contribution in [3.8, 4) is 0 Å². The Hall–Kier alpha value is -1.14. The number of unbranched alkanes of at least 4 members (excludes halogenated alkanes) is 2. The second-order valence-corrected chi connectivity index (χ2v) is 4.53. The van der Waals surface area contributed by atoms with Crippen molar-refractivity contribution < 1.29 is 19.1 Å². The molecule has 1 aliphatic rings. The van der Waals surface area contributed by atoms with E-state index in [1.54, 1.807) is 0 Å². The molecule has 6 nitrogen and oxygen atoms in total. The van der Waals surface area contributed by atoms with Gasteiger partial charge in [-0.25, -0.2) is 4.79 Å². The van der Waals surface area contributed by atoms with Gasteiger partial charge in [0.25, 0.3) is 5.91 Å². The number of likely N-dealkylation sites (N-methyl/N-ethyl adjacent to an activating group) is 1. The lowest BCUT2D eigenvalue weighted by molar-refractivity contribution is -0.169. The van der Waals surface area contributed by atoms with Crippen molar-refractivity contribution in [3.63, 3.8) is 0 Å². The molecule has 1 rings (SSSR count). The first-order chi connectivity index (χ1) is 8.53. The molecular formula is C12H22N2O4. The normalized spacial score (nSPS) is 23.9. The number of urea groups is 1. The summed E-state index contributed by atoms with van der Waals surface area (Å²) >= 11 is 0. The molecule has 0 aromatic heterocycles. The van der Waals surface area contributed by atoms with Crippen LogP contribution in [-0.4, -0.2) is 49.9 Å². The molecule has 1 heterocycles. The molecule has 104 valence electrons. The first kappa shape index (κ1) is 14.9. The topological polar surface area (TPSA) is 67.9 Å². The predicted octanol–water partition coefficient (Wildman–Crippen LogP) is 1.11. The SMILES string of the molecule is CCCCCC1(C(OC)OC)NC(=O)N(C)C1=O. The van der Waals surface area contributed by atoms with Crippen LogP contribution in [0.3, 0.4) is 0 Å². The van der Waals surface area contributed by atoms with Gasteiger partial charge in [0.1, 0.15) is 0 Å². The second-order valence-electron chi connectivity index (χ2n) is 4.53. The number of nitrogens with one attached hydrogen (secondary N) is 1. The summed E-state index contributed by atoms with van der Waals surface area (Å²) in [5.74, 6) is -0.294. The second kappa shape index (κ2) is 6.15. The Labute approximate surface area is 108 Å². The lowest BCUT2D eigenvalue weighted by Gasteiger charge is -2.32. The highest BCUT2D eigenvalue weighted by atomic mass is 16.7. The zero-order valence-corrected chi connectivity index (χ0v) is 11.5. The molecule has 0 aromatic rings. The van der Waals surface area contributed by atoms with Crippen molar-refractivity contribution in [1.82, 2.24) is 10.2 Å². The molecule has 1 unspecified atom stereocenters. The van der Waals surface area contributed by atoms with Gasteiger partial charge < -0.3 is 14.8 Å². The molecule has 1 fully saturated rings. The van der Waals surface area contributed by atoms with E-state index in [1.807, 2.05) is 0 Å². The van der Waals surface area contributed by atoms with Crippen LogP contribution in [0.4, 0.5) is 4.79 Å². The molecule has 18 heavy (non-hydrogen) atoms. The van der Waals surface area contributed by atoms with Crippen LogP contribution in [0, 0.1) is 0 Å². The van der Waals surface area contributed by atoms with Crippen LogP contribution in [0.2, 0.25) is 0 Å². The van der Waals surface area contributed by atoms with Crippen molar-refractivity contribution >= 4 is 11.9 Å². The molecule has 1 atom stereocenters. The number of nitrogens with zero attached hydrogens (tertiary/aromatic N) is 1. The number of rotatable bonds is 7. The summed E-state index contributed by atoms with van der Waals surface area (Å²) in [5, 5.41) is 2.72. The van der Waals surface area contributed by atoms with Gasteiger partial charge in [0.15, 0.2) is 11.8 Å². The van der Waals surface area contributed by atoms with Gasteiger partial charge in [0, 0.05) is 21.3 Å². The van der Waals surface area contributed by atoms with Gasteiger partial charge in [-0.3, -0.25) is 9.69 Å². The third-order valence-corrected chi connectivity index (χ3v) is 3.33. The van der Waals surface area contributed by atoms with Gasteiger partial charge in [-0.2, -0.15) is 0 Å². The number of carbonyl (C=O) groups excluding carboxylic acids is 2. The number of methoxy groups -OCH3 is 2. The number of amides is 3. The van der Waals surface area contributed by atoms with Crippen LogP contribution in [0.25, 0.3) is 0 Å². The van der Waals surface area contributed by atoms with Gasteiger partial charge in [0.2, 0.25) is 0 Å². The van der Waals surface area contributed by atoms with E-state index < -0.39 is 17.9 Å². The van der Waals surface area contributed by atoms with Gasteiger partial charge in [-0.15, -0.1) is 0 Å². The van der Waals surface area contributed by atoms with Crippen LogP contribution in [0.15, 0.2) is 0 Å². The minimum absolute atomic E-state index is 0.294. The molecule has 0 saturated carbocycles. The van der Waals surface area contributed by atoms with Gasteiger partial charge in [-0.1, -0.05) is 26.2 Å². The summed E-state index contributed by atoms with van der Waals surface area (Å²) in [6.07, 6.45) is 2.62. The lowest BCUT2D eigenvalue weighted by atomic mass is 9.91. The highest BCUT2D eigenvalue weighted by Gasteiger charge is 2.55. The number of ether oxygens (including phenoxy) is 2. The maximum Gasteiger partial charge on any atom is 0.324 e. The van der Waals surface area contributed by atoms with Crippen LogP contribution in [0.5, 0.6) is 0 Å². The average molecular weight is 258 g/mol. The Balaban J connectivity index is 2.94. The van der Waals surface area contributed by atoms with Gasteiger partial charge >= 0.3 is 6.03 Å². The Morgan fingerprint density at radius 3 is 2.28 bits per heavy atom. The van der Waals surface area contributed by atoms with E-state index in [-0.39, 0.29) is 5.91 Å². The molecule has 0 aromatic carbocycles. The Morgan fingerprint density at radius 1 is 1.28 bits per heavy atom. The summed E-state index contributed by atoms with van der Waals surface area (Å²) in [6.45, 7) is 2.08. The van der Waals surface area contributed by atoms with E-state index in [0.717, 1.165) is 24.2 Å². The zero-order valence-electron chi connectivity index (χ0n) is 11.5. The minimum Gasteiger partial charge on any atom is -0.353 e. The van der Waals surface area contributed by atoms with Crippen molar-refractivity contribution in [2.75, 3.05) is 21.3 Å². The molecule has 0 radical (unpaired) electrons. The summed E-state index contributed by atoms with van der Waals surface area (Å²) < 4.78 is 10.4. The average Bonchev–Trinajstić information content (AvgIpc) is 2.57. The standard InChI is InChI=1S/C12H22N2O4/c1-5-6-7-8-12(10(17-3)18-4)9(15)14(2)11(16)13-12/h10H,5-8H2,1-4H3,(H,13,16). The maximum atomic E-state index is 12.3. The third-order valence-electron chi connectivity index (χ3n) is 3.33. The molecule has 1 aliphatic heterocycles. The lowest BCUT2D eigenvalue weighted by Crippen LogP contribution is -2.57. The monoisotopic (exact) mass is 258 g/mol. The van der Waals surface area contributed by atoms with Crippen LogP contribution in [-0.2, 0) is 14.3 Å². The molecule has 0 aliphatic carbocycles. The summed E-state index contributed by atoms with van der Waals surface area (Å²) in [7, 11) is 4.39. The van der Waals surface area contributed by atoms with Gasteiger partial charge in [-0.05, 0) is 6.42 Å². The molecule has 1 N–H and O–H groups in total. The fourth-order valence-electron chi connectivity index (χ4n) is 2.32. The fourth-order valence-corrected chi connectivity index (χ4v) is 2.32. The summed E-state index contributed by atoms with van der Waals surface area (Å²) in [5.41, 5.74) is -1.09. The zero-order chi connectivity index (χ0) is 13.8. The maximum absolute atomic E-state index is 12.3. The van der Waals surface area contributed by atoms with E-state index in [9.17, 15) is 9.59 Å². The molecule has 0 spiro atoms. The largest absolute Gasteiger partial charge is 0.353 e. The van der Waals surface area contributed by atoms with E-state index >= 15 is 0 Å². The Morgan fingerprint density at radius 2 is 1.89 bits per heavy atom. The van der Waals surface area contributed by atoms with E-state index in [4.69, 9.17) is 9.47 Å². The predicted molar refractivity (Wildman–Crippen MR) is 66.0 cm³/mol. The highest BCUT2D eigenvalue weighted by molar-refractivity contribution is 6.07. The fraction of sp³-hybridized carbons (Fsp3) is 0.833. The van der Waals surface area contributed by atoms with E-state index in [1.165, 1.54) is 21.3 Å². The van der Waals surface area contributed by atoms with Crippen molar-refractivity contribution in [2.24, 2.45) is 0 Å². The summed E-state index contributed by atoms with van der Waals surface area (Å²) in [6, 6.07) is -0.407. The molecule has 3 amide bonds. The van der Waals surface area contributed by atoms with Crippen LogP contribution >= 0.6 is 0 Å².